The van der Waals surface area contributed by atoms with Crippen LogP contribution in [0.15, 0.2) is 35.7 Å². The molecule has 1 unspecified atom stereocenters. The van der Waals surface area contributed by atoms with Gasteiger partial charge >= 0.3 is 0 Å². The zero-order valence-electron chi connectivity index (χ0n) is 14.0. The molecule has 1 aromatic carbocycles. The topological polar surface area (TPSA) is 61.9 Å². The Kier molecular flexibility index (Phi) is 4.78. The first-order valence-corrected chi connectivity index (χ1v) is 7.67. The van der Waals surface area contributed by atoms with Crippen LogP contribution in [0.25, 0.3) is 0 Å². The number of alkyl halides is 2. The summed E-state index contributed by atoms with van der Waals surface area (Å²) in [6.45, 7) is 9.67. The van der Waals surface area contributed by atoms with Crippen LogP contribution in [-0.4, -0.2) is 12.6 Å². The fraction of sp³-hybridized carbons (Fsp3) is 0.389. The van der Waals surface area contributed by atoms with Crippen molar-refractivity contribution in [3.8, 4) is 0 Å². The zero-order valence-corrected chi connectivity index (χ0v) is 14.0. The molecular formula is C18H22F3N3. The zero-order chi connectivity index (χ0) is 18.2. The molecule has 0 aromatic heterocycles. The van der Waals surface area contributed by atoms with Crippen LogP contribution in [0.3, 0.4) is 0 Å². The highest BCUT2D eigenvalue weighted by Gasteiger charge is 2.38. The van der Waals surface area contributed by atoms with E-state index in [2.05, 4.69) is 11.9 Å². The molecule has 2 rings (SSSR count). The largest absolute Gasteiger partial charge is 0.397 e. The number of anilines is 1. The summed E-state index contributed by atoms with van der Waals surface area (Å²) in [6, 6.07) is 2.93. The molecule has 4 N–H and O–H groups in total. The second-order valence-electron chi connectivity index (χ2n) is 6.79. The number of nitrogens with one attached hydrogen (secondary N) is 2. The minimum absolute atomic E-state index is 0.0912. The molecule has 0 amide bonds. The molecule has 1 atom stereocenters. The number of hydrogen-bond acceptors (Lipinski definition) is 3. The second kappa shape index (κ2) is 6.34. The number of nitrogens with two attached hydrogens (primary N) is 1. The fourth-order valence-corrected chi connectivity index (χ4v) is 3.56. The van der Waals surface area contributed by atoms with Crippen molar-refractivity contribution in [2.75, 3.05) is 5.32 Å². The summed E-state index contributed by atoms with van der Waals surface area (Å²) in [5, 5.41) is 10.3. The summed E-state index contributed by atoms with van der Waals surface area (Å²) >= 11 is 0. The molecule has 0 radical (unpaired) electrons. The predicted molar refractivity (Wildman–Crippen MR) is 91.2 cm³/mol. The molecule has 0 heterocycles. The molecule has 0 saturated carbocycles. The molecule has 24 heavy (non-hydrogen) atoms. The summed E-state index contributed by atoms with van der Waals surface area (Å²) in [5.41, 5.74) is 6.33. The van der Waals surface area contributed by atoms with Crippen LogP contribution in [0.5, 0.6) is 0 Å². The maximum absolute atomic E-state index is 14.3. The minimum atomic E-state index is -2.88. The summed E-state index contributed by atoms with van der Waals surface area (Å²) in [5.74, 6) is -0.161. The third-order valence-electron chi connectivity index (χ3n) is 4.48. The lowest BCUT2D eigenvalue weighted by Gasteiger charge is -2.21. The molecule has 130 valence electrons. The Bertz CT molecular complexity index is 720. The van der Waals surface area contributed by atoms with Crippen molar-refractivity contribution < 1.29 is 13.2 Å². The van der Waals surface area contributed by atoms with Crippen LogP contribution in [0.2, 0.25) is 0 Å². The highest BCUT2D eigenvalue weighted by Crippen LogP contribution is 2.49. The van der Waals surface area contributed by atoms with Gasteiger partial charge in [0.15, 0.2) is 0 Å². The quantitative estimate of drug-likeness (QED) is 0.540. The van der Waals surface area contributed by atoms with E-state index in [0.29, 0.717) is 11.3 Å². The lowest BCUT2D eigenvalue weighted by atomic mass is 9.85. The van der Waals surface area contributed by atoms with Gasteiger partial charge in [-0.2, -0.15) is 0 Å². The average molecular weight is 337 g/mol. The number of rotatable bonds is 5. The van der Waals surface area contributed by atoms with Gasteiger partial charge in [0, 0.05) is 23.2 Å². The van der Waals surface area contributed by atoms with Gasteiger partial charge in [0.05, 0.1) is 5.70 Å². The van der Waals surface area contributed by atoms with E-state index in [9.17, 15) is 13.2 Å². The number of allylic oxidation sites excluding steroid dienone is 2. The Morgan fingerprint density at radius 3 is 2.62 bits per heavy atom. The molecule has 1 aliphatic rings. The highest BCUT2D eigenvalue weighted by molar-refractivity contribution is 5.85. The van der Waals surface area contributed by atoms with Crippen molar-refractivity contribution >= 4 is 11.9 Å². The molecular weight excluding hydrogens is 315 g/mol. The van der Waals surface area contributed by atoms with Gasteiger partial charge in [0.25, 0.3) is 6.43 Å². The molecule has 0 aliphatic heterocycles. The molecule has 0 saturated heterocycles. The van der Waals surface area contributed by atoms with E-state index in [0.717, 1.165) is 18.2 Å². The SMILES string of the molecule is C=C(Nc1ccc(F)c2c1C(C)CC2(C)C)C(C=N)=C(N)C(F)F. The van der Waals surface area contributed by atoms with Crippen molar-refractivity contribution in [2.24, 2.45) is 5.73 Å². The summed E-state index contributed by atoms with van der Waals surface area (Å²) < 4.78 is 39.9. The lowest BCUT2D eigenvalue weighted by Crippen LogP contribution is -2.17. The van der Waals surface area contributed by atoms with Gasteiger partial charge in [-0.05, 0) is 41.0 Å². The maximum Gasteiger partial charge on any atom is 0.278 e. The van der Waals surface area contributed by atoms with E-state index in [4.69, 9.17) is 11.1 Å². The molecule has 1 aliphatic carbocycles. The van der Waals surface area contributed by atoms with Gasteiger partial charge in [0.2, 0.25) is 0 Å². The summed E-state index contributed by atoms with van der Waals surface area (Å²) in [4.78, 5) is 0. The summed E-state index contributed by atoms with van der Waals surface area (Å²) in [7, 11) is 0. The normalized spacial score (nSPS) is 19.7. The highest BCUT2D eigenvalue weighted by atomic mass is 19.3. The average Bonchev–Trinajstić information content (AvgIpc) is 2.73. The van der Waals surface area contributed by atoms with E-state index in [1.165, 1.54) is 6.07 Å². The molecule has 0 bridgehead atoms. The number of halogens is 3. The first-order valence-electron chi connectivity index (χ1n) is 7.67. The minimum Gasteiger partial charge on any atom is -0.397 e. The monoisotopic (exact) mass is 337 g/mol. The molecule has 0 spiro atoms. The molecule has 0 fully saturated rings. The van der Waals surface area contributed by atoms with Crippen LogP contribution in [0.1, 0.15) is 44.2 Å². The first kappa shape index (κ1) is 18.1. The van der Waals surface area contributed by atoms with Crippen molar-refractivity contribution in [3.63, 3.8) is 0 Å². The first-order chi connectivity index (χ1) is 11.1. The van der Waals surface area contributed by atoms with Gasteiger partial charge in [-0.15, -0.1) is 0 Å². The van der Waals surface area contributed by atoms with Crippen LogP contribution in [0.4, 0.5) is 18.9 Å². The predicted octanol–water partition coefficient (Wildman–Crippen LogP) is 4.66. The number of benzene rings is 1. The smallest absolute Gasteiger partial charge is 0.278 e. The molecule has 1 aromatic rings. The Hall–Kier alpha value is -2.24. The Balaban J connectivity index is 2.46. The third-order valence-corrected chi connectivity index (χ3v) is 4.48. The van der Waals surface area contributed by atoms with Crippen molar-refractivity contribution in [1.82, 2.24) is 0 Å². The Labute approximate surface area is 139 Å². The third kappa shape index (κ3) is 3.05. The molecule has 3 nitrogen and oxygen atoms in total. The van der Waals surface area contributed by atoms with Gasteiger partial charge in [-0.3, -0.25) is 0 Å². The van der Waals surface area contributed by atoms with Gasteiger partial charge in [-0.25, -0.2) is 13.2 Å². The van der Waals surface area contributed by atoms with E-state index >= 15 is 0 Å². The van der Waals surface area contributed by atoms with Gasteiger partial charge in [-0.1, -0.05) is 27.4 Å². The van der Waals surface area contributed by atoms with E-state index < -0.39 is 12.1 Å². The van der Waals surface area contributed by atoms with Crippen LogP contribution < -0.4 is 11.1 Å². The Morgan fingerprint density at radius 1 is 1.46 bits per heavy atom. The summed E-state index contributed by atoms with van der Waals surface area (Å²) in [6.07, 6.45) is -1.35. The fourth-order valence-electron chi connectivity index (χ4n) is 3.56. The molecule has 6 heteroatoms. The van der Waals surface area contributed by atoms with Crippen LogP contribution in [0, 0.1) is 11.2 Å². The van der Waals surface area contributed by atoms with E-state index in [-0.39, 0.29) is 28.4 Å². The van der Waals surface area contributed by atoms with Crippen molar-refractivity contribution in [1.29, 1.82) is 5.41 Å². The van der Waals surface area contributed by atoms with Crippen LogP contribution in [-0.2, 0) is 5.41 Å². The maximum atomic E-state index is 14.3. The van der Waals surface area contributed by atoms with E-state index in [1.54, 1.807) is 6.07 Å². The van der Waals surface area contributed by atoms with Crippen LogP contribution >= 0.6 is 0 Å². The van der Waals surface area contributed by atoms with Gasteiger partial charge in [0.1, 0.15) is 5.82 Å². The number of hydrogen-bond donors (Lipinski definition) is 3. The van der Waals surface area contributed by atoms with Gasteiger partial charge < -0.3 is 16.5 Å². The van der Waals surface area contributed by atoms with Crippen molar-refractivity contribution in [2.45, 2.75) is 45.0 Å². The lowest BCUT2D eigenvalue weighted by molar-refractivity contribution is 0.187. The van der Waals surface area contributed by atoms with Crippen molar-refractivity contribution in [3.05, 3.63) is 52.6 Å². The Morgan fingerprint density at radius 2 is 2.08 bits per heavy atom. The second-order valence-corrected chi connectivity index (χ2v) is 6.79. The van der Waals surface area contributed by atoms with E-state index in [1.807, 2.05) is 20.8 Å². The standard InChI is InChI=1S/C18H22F3N3/c1-9-7-18(3,4)15-12(19)5-6-13(14(9)15)24-10(2)11(8-22)16(23)17(20)21/h5-6,8-9,17,22,24H,2,7,23H2,1,3-4H3. The number of fused-ring (bicyclic) bond motifs is 1.